The number of imidazole rings is 1. The van der Waals surface area contributed by atoms with Crippen molar-refractivity contribution < 1.29 is 13.9 Å². The molecule has 5 heteroatoms. The maximum atomic E-state index is 13.4. The van der Waals surface area contributed by atoms with Crippen LogP contribution in [0, 0.1) is 5.82 Å². The molecule has 0 aliphatic rings. The largest absolute Gasteiger partial charge is 0.465 e. The van der Waals surface area contributed by atoms with Crippen LogP contribution in [0.3, 0.4) is 0 Å². The van der Waals surface area contributed by atoms with Gasteiger partial charge in [0.15, 0.2) is 0 Å². The summed E-state index contributed by atoms with van der Waals surface area (Å²) in [7, 11) is 0. The summed E-state index contributed by atoms with van der Waals surface area (Å²) in [6, 6.07) is 4.52. The number of ether oxygens (including phenoxy) is 1. The van der Waals surface area contributed by atoms with Crippen LogP contribution in [0.15, 0.2) is 18.2 Å². The number of halogens is 1. The molecule has 0 saturated heterocycles. The molecule has 1 atom stereocenters. The van der Waals surface area contributed by atoms with E-state index in [4.69, 9.17) is 4.74 Å². The Bertz CT molecular complexity index is 636. The third-order valence-corrected chi connectivity index (χ3v) is 3.52. The van der Waals surface area contributed by atoms with Gasteiger partial charge >= 0.3 is 5.97 Å². The maximum Gasteiger partial charge on any atom is 0.316 e. The van der Waals surface area contributed by atoms with Crippen LogP contribution in [-0.2, 0) is 16.1 Å². The first kappa shape index (κ1) is 15.5. The monoisotopic (exact) mass is 292 g/mol. The zero-order valence-corrected chi connectivity index (χ0v) is 12.7. The predicted octanol–water partition coefficient (Wildman–Crippen LogP) is 3.64. The van der Waals surface area contributed by atoms with Crippen LogP contribution in [0.2, 0.25) is 0 Å². The number of carbonyl (C=O) groups is 1. The van der Waals surface area contributed by atoms with Gasteiger partial charge in [0.25, 0.3) is 0 Å². The van der Waals surface area contributed by atoms with Crippen molar-refractivity contribution in [1.82, 2.24) is 9.55 Å². The van der Waals surface area contributed by atoms with Gasteiger partial charge in [0.05, 0.1) is 17.6 Å². The second-order valence-electron chi connectivity index (χ2n) is 4.94. The van der Waals surface area contributed by atoms with E-state index in [9.17, 15) is 9.18 Å². The molecule has 0 fully saturated rings. The first-order valence-electron chi connectivity index (χ1n) is 7.44. The third-order valence-electron chi connectivity index (χ3n) is 3.52. The molecule has 0 aliphatic carbocycles. The van der Waals surface area contributed by atoms with Crippen LogP contribution in [0.5, 0.6) is 0 Å². The summed E-state index contributed by atoms with van der Waals surface area (Å²) in [5.74, 6) is -0.313. The molecule has 21 heavy (non-hydrogen) atoms. The van der Waals surface area contributed by atoms with Crippen molar-refractivity contribution in [2.45, 2.75) is 46.1 Å². The molecule has 0 bridgehead atoms. The van der Waals surface area contributed by atoms with Gasteiger partial charge < -0.3 is 9.30 Å². The van der Waals surface area contributed by atoms with Crippen LogP contribution in [-0.4, -0.2) is 22.1 Å². The van der Waals surface area contributed by atoms with Gasteiger partial charge in [-0.2, -0.15) is 0 Å². The Balaban J connectivity index is 2.53. The van der Waals surface area contributed by atoms with Gasteiger partial charge in [0.2, 0.25) is 0 Å². The van der Waals surface area contributed by atoms with Crippen molar-refractivity contribution in [2.24, 2.45) is 0 Å². The lowest BCUT2D eigenvalue weighted by Crippen LogP contribution is -2.20. The lowest BCUT2D eigenvalue weighted by molar-refractivity contribution is -0.145. The van der Waals surface area contributed by atoms with Crippen molar-refractivity contribution in [3.05, 3.63) is 29.8 Å². The summed E-state index contributed by atoms with van der Waals surface area (Å²) in [6.45, 7) is 6.82. The minimum absolute atomic E-state index is 0.259. The van der Waals surface area contributed by atoms with Crippen molar-refractivity contribution in [3.63, 3.8) is 0 Å². The minimum atomic E-state index is -0.398. The highest BCUT2D eigenvalue weighted by atomic mass is 19.1. The van der Waals surface area contributed by atoms with Gasteiger partial charge in [-0.25, -0.2) is 9.37 Å². The highest BCUT2D eigenvalue weighted by Crippen LogP contribution is 2.27. The Kier molecular flexibility index (Phi) is 4.94. The SMILES string of the molecule is CCCC(C(=O)OCC)c1nc2cc(F)ccc2n1CC. The summed E-state index contributed by atoms with van der Waals surface area (Å²) >= 11 is 0. The average Bonchev–Trinajstić information content (AvgIpc) is 2.81. The van der Waals surface area contributed by atoms with E-state index >= 15 is 0 Å². The average molecular weight is 292 g/mol. The number of aromatic nitrogens is 2. The molecule has 2 rings (SSSR count). The number of nitrogens with zero attached hydrogens (tertiary/aromatic N) is 2. The lowest BCUT2D eigenvalue weighted by Gasteiger charge is -2.15. The molecule has 114 valence electrons. The molecular weight excluding hydrogens is 271 g/mol. The Morgan fingerprint density at radius 2 is 2.14 bits per heavy atom. The number of fused-ring (bicyclic) bond motifs is 1. The van der Waals surface area contributed by atoms with Gasteiger partial charge in [0, 0.05) is 12.6 Å². The molecule has 0 spiro atoms. The number of esters is 1. The van der Waals surface area contributed by atoms with E-state index in [1.165, 1.54) is 12.1 Å². The minimum Gasteiger partial charge on any atom is -0.465 e. The van der Waals surface area contributed by atoms with Gasteiger partial charge in [-0.15, -0.1) is 0 Å². The summed E-state index contributed by atoms with van der Waals surface area (Å²) < 4.78 is 20.5. The van der Waals surface area contributed by atoms with E-state index in [1.54, 1.807) is 13.0 Å². The molecule has 0 N–H and O–H groups in total. The Hall–Kier alpha value is -1.91. The van der Waals surface area contributed by atoms with Crippen LogP contribution >= 0.6 is 0 Å². The smallest absolute Gasteiger partial charge is 0.316 e. The molecule has 0 amide bonds. The molecule has 0 saturated carbocycles. The van der Waals surface area contributed by atoms with E-state index in [0.29, 0.717) is 30.9 Å². The molecular formula is C16H21FN2O2. The second-order valence-corrected chi connectivity index (χ2v) is 4.94. The summed E-state index contributed by atoms with van der Waals surface area (Å²) in [5.41, 5.74) is 1.43. The fourth-order valence-electron chi connectivity index (χ4n) is 2.60. The van der Waals surface area contributed by atoms with E-state index in [2.05, 4.69) is 4.98 Å². The summed E-state index contributed by atoms with van der Waals surface area (Å²) in [6.07, 6.45) is 1.52. The number of benzene rings is 1. The Labute approximate surface area is 123 Å². The van der Waals surface area contributed by atoms with Crippen LogP contribution < -0.4 is 0 Å². The highest BCUT2D eigenvalue weighted by Gasteiger charge is 2.27. The van der Waals surface area contributed by atoms with E-state index < -0.39 is 5.92 Å². The highest BCUT2D eigenvalue weighted by molar-refractivity contribution is 5.81. The number of aryl methyl sites for hydroxylation is 1. The normalized spacial score (nSPS) is 12.6. The molecule has 0 radical (unpaired) electrons. The molecule has 1 unspecified atom stereocenters. The van der Waals surface area contributed by atoms with Gasteiger partial charge in [-0.1, -0.05) is 13.3 Å². The zero-order chi connectivity index (χ0) is 15.4. The number of hydrogen-bond acceptors (Lipinski definition) is 3. The van der Waals surface area contributed by atoms with Gasteiger partial charge in [-0.05, 0) is 32.4 Å². The van der Waals surface area contributed by atoms with Gasteiger partial charge in [-0.3, -0.25) is 4.79 Å². The third kappa shape index (κ3) is 3.06. The topological polar surface area (TPSA) is 44.1 Å². The molecule has 2 aromatic rings. The van der Waals surface area contributed by atoms with Crippen molar-refractivity contribution in [3.8, 4) is 0 Å². The van der Waals surface area contributed by atoms with E-state index in [-0.39, 0.29) is 11.8 Å². The fraction of sp³-hybridized carbons (Fsp3) is 0.500. The van der Waals surface area contributed by atoms with Crippen molar-refractivity contribution in [2.75, 3.05) is 6.61 Å². The summed E-state index contributed by atoms with van der Waals surface area (Å²) in [4.78, 5) is 16.7. The number of hydrogen-bond donors (Lipinski definition) is 0. The van der Waals surface area contributed by atoms with Crippen LogP contribution in [0.4, 0.5) is 4.39 Å². The molecule has 1 aromatic heterocycles. The maximum absolute atomic E-state index is 13.4. The standard InChI is InChI=1S/C16H21FN2O2/c1-4-7-12(16(20)21-6-3)15-18-13-10-11(17)8-9-14(13)19(15)5-2/h8-10,12H,4-7H2,1-3H3. The first-order chi connectivity index (χ1) is 10.1. The van der Waals surface area contributed by atoms with Crippen molar-refractivity contribution in [1.29, 1.82) is 0 Å². The van der Waals surface area contributed by atoms with Crippen molar-refractivity contribution >= 4 is 17.0 Å². The predicted molar refractivity (Wildman–Crippen MR) is 79.6 cm³/mol. The number of rotatable bonds is 6. The molecule has 4 nitrogen and oxygen atoms in total. The quantitative estimate of drug-likeness (QED) is 0.763. The molecule has 1 aromatic carbocycles. The van der Waals surface area contributed by atoms with Crippen LogP contribution in [0.1, 0.15) is 45.4 Å². The van der Waals surface area contributed by atoms with E-state index in [1.807, 2.05) is 18.4 Å². The molecule has 0 aliphatic heterocycles. The number of carbonyl (C=O) groups excluding carboxylic acids is 1. The zero-order valence-electron chi connectivity index (χ0n) is 12.7. The Morgan fingerprint density at radius 1 is 1.38 bits per heavy atom. The molecule has 1 heterocycles. The lowest BCUT2D eigenvalue weighted by atomic mass is 10.0. The second kappa shape index (κ2) is 6.70. The van der Waals surface area contributed by atoms with Gasteiger partial charge in [0.1, 0.15) is 17.6 Å². The fourth-order valence-corrected chi connectivity index (χ4v) is 2.60. The Morgan fingerprint density at radius 3 is 2.76 bits per heavy atom. The van der Waals surface area contributed by atoms with Crippen LogP contribution in [0.25, 0.3) is 11.0 Å². The summed E-state index contributed by atoms with van der Waals surface area (Å²) in [5, 5.41) is 0. The first-order valence-corrected chi connectivity index (χ1v) is 7.44. The van der Waals surface area contributed by atoms with E-state index in [0.717, 1.165) is 11.9 Å².